The summed E-state index contributed by atoms with van der Waals surface area (Å²) in [5.74, 6) is -0.706. The molecule has 3 aromatic carbocycles. The third-order valence-electron chi connectivity index (χ3n) is 7.53. The number of hydrogen-bond donors (Lipinski definition) is 1. The van der Waals surface area contributed by atoms with Gasteiger partial charge in [0.05, 0.1) is 11.9 Å². The normalized spacial score (nSPS) is 14.4. The number of amides is 2. The minimum atomic E-state index is -3.85. The Balaban J connectivity index is 1.73. The van der Waals surface area contributed by atoms with Crippen molar-refractivity contribution < 1.29 is 18.0 Å². The molecule has 1 N–H and O–H groups in total. The molecule has 1 aliphatic carbocycles. The second-order valence-electron chi connectivity index (χ2n) is 10.9. The molecule has 3 aromatic rings. The molecule has 1 atom stereocenters. The molecule has 0 bridgehead atoms. The maximum Gasteiger partial charge on any atom is 0.244 e. The first-order chi connectivity index (χ1) is 19.5. The molecule has 0 saturated heterocycles. The molecule has 0 aromatic heterocycles. The smallest absolute Gasteiger partial charge is 0.244 e. The molecule has 0 unspecified atom stereocenters. The van der Waals surface area contributed by atoms with E-state index >= 15 is 0 Å². The number of sulfonamides is 1. The number of hydrogen-bond acceptors (Lipinski definition) is 4. The molecular weight excluding hydrogens is 558 g/mol. The Labute approximate surface area is 248 Å². The highest BCUT2D eigenvalue weighted by Gasteiger charge is 2.34. The van der Waals surface area contributed by atoms with Crippen LogP contribution in [0, 0.1) is 13.8 Å². The fraction of sp³-hybridized carbons (Fsp3) is 0.375. The van der Waals surface area contributed by atoms with Crippen LogP contribution in [0.1, 0.15) is 47.9 Å². The molecule has 1 fully saturated rings. The summed E-state index contributed by atoms with van der Waals surface area (Å²) in [6, 6.07) is 21.5. The van der Waals surface area contributed by atoms with Gasteiger partial charge in [-0.15, -0.1) is 0 Å². The van der Waals surface area contributed by atoms with Crippen LogP contribution < -0.4 is 9.62 Å². The van der Waals surface area contributed by atoms with E-state index in [0.29, 0.717) is 17.1 Å². The lowest BCUT2D eigenvalue weighted by Gasteiger charge is -2.34. The van der Waals surface area contributed by atoms with Crippen LogP contribution in [-0.2, 0) is 32.6 Å². The van der Waals surface area contributed by atoms with Gasteiger partial charge in [-0.25, -0.2) is 8.42 Å². The van der Waals surface area contributed by atoms with Gasteiger partial charge >= 0.3 is 0 Å². The van der Waals surface area contributed by atoms with E-state index in [0.717, 1.165) is 58.5 Å². The van der Waals surface area contributed by atoms with Crippen LogP contribution >= 0.6 is 11.6 Å². The van der Waals surface area contributed by atoms with Crippen LogP contribution in [0.15, 0.2) is 72.8 Å². The summed E-state index contributed by atoms with van der Waals surface area (Å²) in [7, 11) is -3.85. The Morgan fingerprint density at radius 3 is 2.27 bits per heavy atom. The molecule has 9 heteroatoms. The summed E-state index contributed by atoms with van der Waals surface area (Å²) in [4.78, 5) is 29.6. The molecular formula is C32H38ClN3O4S. The van der Waals surface area contributed by atoms with E-state index in [4.69, 9.17) is 11.6 Å². The number of anilines is 1. The van der Waals surface area contributed by atoms with Crippen molar-refractivity contribution in [2.75, 3.05) is 17.1 Å². The fourth-order valence-corrected chi connectivity index (χ4v) is 6.30. The van der Waals surface area contributed by atoms with Crippen molar-refractivity contribution in [1.29, 1.82) is 0 Å². The Bertz CT molecular complexity index is 1470. The van der Waals surface area contributed by atoms with Gasteiger partial charge in [0.1, 0.15) is 12.6 Å². The van der Waals surface area contributed by atoms with E-state index < -0.39 is 28.5 Å². The van der Waals surface area contributed by atoms with Crippen LogP contribution in [-0.4, -0.2) is 50.0 Å². The number of benzene rings is 3. The van der Waals surface area contributed by atoms with E-state index in [1.807, 2.05) is 68.4 Å². The van der Waals surface area contributed by atoms with E-state index in [-0.39, 0.29) is 18.5 Å². The maximum atomic E-state index is 14.2. The van der Waals surface area contributed by atoms with Crippen LogP contribution in [0.3, 0.4) is 0 Å². The SMILES string of the molecule is Cc1cccc(CN(C(=O)CN(c2ccc(C)c(Cl)c2)S(C)(=O)=O)[C@@H](Cc2ccccc2)C(=O)NC2CCCC2)c1. The number of nitrogens with one attached hydrogen (secondary N) is 1. The summed E-state index contributed by atoms with van der Waals surface area (Å²) in [6.45, 7) is 3.48. The summed E-state index contributed by atoms with van der Waals surface area (Å²) in [5.41, 5.74) is 3.88. The van der Waals surface area contributed by atoms with Crippen molar-refractivity contribution in [2.45, 2.75) is 64.6 Å². The van der Waals surface area contributed by atoms with E-state index in [1.54, 1.807) is 18.2 Å². The average molecular weight is 596 g/mol. The topological polar surface area (TPSA) is 86.8 Å². The van der Waals surface area contributed by atoms with Crippen molar-refractivity contribution in [3.63, 3.8) is 0 Å². The van der Waals surface area contributed by atoms with Crippen LogP contribution in [0.25, 0.3) is 0 Å². The zero-order chi connectivity index (χ0) is 29.6. The quantitative estimate of drug-likeness (QED) is 0.321. The molecule has 0 spiro atoms. The predicted octanol–water partition coefficient (Wildman–Crippen LogP) is 5.42. The molecule has 4 rings (SSSR count). The number of carbonyl (C=O) groups excluding carboxylic acids is 2. The first-order valence-electron chi connectivity index (χ1n) is 13.9. The molecule has 218 valence electrons. The standard InChI is InChI=1S/C32H38ClN3O4S/c1-23-10-9-13-26(18-23)21-35(31(37)22-36(41(3,39)40)28-17-16-24(2)29(33)20-28)30(19-25-11-5-4-6-12-25)32(38)34-27-14-7-8-15-27/h4-6,9-13,16-18,20,27,30H,7-8,14-15,19,21-22H2,1-3H3,(H,34,38)/t30-/m0/s1. The van der Waals surface area contributed by atoms with Crippen LogP contribution in [0.4, 0.5) is 5.69 Å². The molecule has 41 heavy (non-hydrogen) atoms. The molecule has 1 aliphatic rings. The average Bonchev–Trinajstić information content (AvgIpc) is 3.44. The molecule has 0 heterocycles. The maximum absolute atomic E-state index is 14.2. The zero-order valence-corrected chi connectivity index (χ0v) is 25.4. The first-order valence-corrected chi connectivity index (χ1v) is 16.2. The van der Waals surface area contributed by atoms with Crippen molar-refractivity contribution in [3.8, 4) is 0 Å². The lowest BCUT2D eigenvalue weighted by Crippen LogP contribution is -2.54. The molecule has 2 amide bonds. The van der Waals surface area contributed by atoms with Gasteiger partial charge < -0.3 is 10.2 Å². The number of rotatable bonds is 11. The number of halogens is 1. The van der Waals surface area contributed by atoms with Gasteiger partial charge in [0.25, 0.3) is 0 Å². The monoisotopic (exact) mass is 595 g/mol. The van der Waals surface area contributed by atoms with Crippen molar-refractivity contribution in [2.24, 2.45) is 0 Å². The zero-order valence-electron chi connectivity index (χ0n) is 23.8. The fourth-order valence-electron chi connectivity index (χ4n) is 5.28. The molecule has 0 aliphatic heterocycles. The number of nitrogens with zero attached hydrogens (tertiary/aromatic N) is 2. The van der Waals surface area contributed by atoms with Crippen molar-refractivity contribution in [3.05, 3.63) is 100 Å². The highest BCUT2D eigenvalue weighted by molar-refractivity contribution is 7.92. The van der Waals surface area contributed by atoms with Gasteiger partial charge in [0.2, 0.25) is 21.8 Å². The van der Waals surface area contributed by atoms with E-state index in [9.17, 15) is 18.0 Å². The molecule has 0 radical (unpaired) electrons. The van der Waals surface area contributed by atoms with Gasteiger partial charge in [0, 0.05) is 24.0 Å². The van der Waals surface area contributed by atoms with Gasteiger partial charge in [-0.3, -0.25) is 13.9 Å². The predicted molar refractivity (Wildman–Crippen MR) is 164 cm³/mol. The van der Waals surface area contributed by atoms with Gasteiger partial charge in [-0.2, -0.15) is 0 Å². The van der Waals surface area contributed by atoms with Gasteiger partial charge in [-0.05, 0) is 55.5 Å². The third-order valence-corrected chi connectivity index (χ3v) is 9.08. The Morgan fingerprint density at radius 1 is 0.951 bits per heavy atom. The van der Waals surface area contributed by atoms with Gasteiger partial charge in [-0.1, -0.05) is 90.7 Å². The summed E-state index contributed by atoms with van der Waals surface area (Å²) >= 11 is 6.32. The Hall–Kier alpha value is -3.36. The van der Waals surface area contributed by atoms with Gasteiger partial charge in [0.15, 0.2) is 0 Å². The Kier molecular flexibility index (Phi) is 10.1. The van der Waals surface area contributed by atoms with Crippen LogP contribution in [0.5, 0.6) is 0 Å². The molecule has 7 nitrogen and oxygen atoms in total. The summed E-state index contributed by atoms with van der Waals surface area (Å²) in [5, 5.41) is 3.58. The number of aryl methyl sites for hydroxylation is 2. The van der Waals surface area contributed by atoms with Crippen molar-refractivity contribution in [1.82, 2.24) is 10.2 Å². The largest absolute Gasteiger partial charge is 0.352 e. The summed E-state index contributed by atoms with van der Waals surface area (Å²) < 4.78 is 26.9. The van der Waals surface area contributed by atoms with Crippen LogP contribution in [0.2, 0.25) is 5.02 Å². The lowest BCUT2D eigenvalue weighted by molar-refractivity contribution is -0.140. The first kappa shape index (κ1) is 30.6. The summed E-state index contributed by atoms with van der Waals surface area (Å²) in [6.07, 6.45) is 5.29. The van der Waals surface area contributed by atoms with Crippen molar-refractivity contribution >= 4 is 39.1 Å². The minimum Gasteiger partial charge on any atom is -0.352 e. The second kappa shape index (κ2) is 13.5. The highest BCUT2D eigenvalue weighted by atomic mass is 35.5. The second-order valence-corrected chi connectivity index (χ2v) is 13.2. The highest BCUT2D eigenvalue weighted by Crippen LogP contribution is 2.26. The number of carbonyl (C=O) groups is 2. The molecule has 1 saturated carbocycles. The third kappa shape index (κ3) is 8.33. The lowest BCUT2D eigenvalue weighted by atomic mass is 10.0. The minimum absolute atomic E-state index is 0.0684. The van der Waals surface area contributed by atoms with E-state index in [1.165, 1.54) is 4.90 Å². The van der Waals surface area contributed by atoms with E-state index in [2.05, 4.69) is 5.32 Å². The Morgan fingerprint density at radius 2 is 1.63 bits per heavy atom.